The minimum atomic E-state index is -0.433. The van der Waals surface area contributed by atoms with E-state index in [2.05, 4.69) is 0 Å². The number of thioether (sulfide) groups is 1. The SMILES string of the molecule is CC(=O)N1CCN(C(=O)C2CSC(c3ccoc3)N2C(=O)C2CC2)CC1. The summed E-state index contributed by atoms with van der Waals surface area (Å²) in [7, 11) is 0. The molecule has 0 N–H and O–H groups in total. The number of carbonyl (C=O) groups is 3. The van der Waals surface area contributed by atoms with Crippen molar-refractivity contribution in [3.63, 3.8) is 0 Å². The lowest BCUT2D eigenvalue weighted by atomic mass is 10.1. The van der Waals surface area contributed by atoms with Crippen LogP contribution in [0.15, 0.2) is 23.0 Å². The van der Waals surface area contributed by atoms with Crippen LogP contribution in [-0.2, 0) is 14.4 Å². The van der Waals surface area contributed by atoms with Crippen molar-refractivity contribution in [2.75, 3.05) is 31.9 Å². The number of nitrogens with zero attached hydrogens (tertiary/aromatic N) is 3. The lowest BCUT2D eigenvalue weighted by molar-refractivity contribution is -0.147. The third kappa shape index (κ3) is 3.22. The van der Waals surface area contributed by atoms with Crippen LogP contribution >= 0.6 is 11.8 Å². The third-order valence-corrected chi connectivity index (χ3v) is 6.65. The Morgan fingerprint density at radius 1 is 1.08 bits per heavy atom. The van der Waals surface area contributed by atoms with Crippen LogP contribution in [0.2, 0.25) is 0 Å². The Hall–Kier alpha value is -1.96. The number of carbonyl (C=O) groups excluding carboxylic acids is 3. The summed E-state index contributed by atoms with van der Waals surface area (Å²) in [4.78, 5) is 42.9. The molecule has 8 heteroatoms. The molecule has 3 heterocycles. The Balaban J connectivity index is 1.50. The Morgan fingerprint density at radius 3 is 2.35 bits per heavy atom. The molecule has 26 heavy (non-hydrogen) atoms. The average Bonchev–Trinajstić information content (AvgIpc) is 3.18. The van der Waals surface area contributed by atoms with Gasteiger partial charge in [-0.3, -0.25) is 14.4 Å². The average molecular weight is 377 g/mol. The van der Waals surface area contributed by atoms with Crippen LogP contribution in [0.5, 0.6) is 0 Å². The molecule has 3 aliphatic rings. The molecule has 3 fully saturated rings. The summed E-state index contributed by atoms with van der Waals surface area (Å²) >= 11 is 1.62. The summed E-state index contributed by atoms with van der Waals surface area (Å²) in [5, 5.41) is -0.158. The molecule has 7 nitrogen and oxygen atoms in total. The van der Waals surface area contributed by atoms with Gasteiger partial charge in [-0.05, 0) is 18.9 Å². The zero-order valence-electron chi connectivity index (χ0n) is 14.8. The first-order valence-corrected chi connectivity index (χ1v) is 10.1. The van der Waals surface area contributed by atoms with Crippen LogP contribution in [0.1, 0.15) is 30.7 Å². The van der Waals surface area contributed by atoms with E-state index in [1.807, 2.05) is 6.07 Å². The number of furan rings is 1. The molecule has 0 radical (unpaired) electrons. The van der Waals surface area contributed by atoms with E-state index >= 15 is 0 Å². The summed E-state index contributed by atoms with van der Waals surface area (Å²) in [6.45, 7) is 3.73. The topological polar surface area (TPSA) is 74.1 Å². The van der Waals surface area contributed by atoms with Crippen molar-refractivity contribution in [3.8, 4) is 0 Å². The molecule has 2 unspecified atom stereocenters. The molecule has 2 aliphatic heterocycles. The van der Waals surface area contributed by atoms with E-state index in [0.29, 0.717) is 31.9 Å². The molecule has 2 saturated heterocycles. The third-order valence-electron chi connectivity index (χ3n) is 5.33. The van der Waals surface area contributed by atoms with Crippen molar-refractivity contribution < 1.29 is 18.8 Å². The van der Waals surface area contributed by atoms with Gasteiger partial charge in [0.1, 0.15) is 11.4 Å². The molecule has 1 saturated carbocycles. The summed E-state index contributed by atoms with van der Waals surface area (Å²) in [5.74, 6) is 0.787. The number of hydrogen-bond donors (Lipinski definition) is 0. The number of rotatable bonds is 3. The highest BCUT2D eigenvalue weighted by Crippen LogP contribution is 2.45. The first-order chi connectivity index (χ1) is 12.6. The first-order valence-electron chi connectivity index (χ1n) is 9.06. The van der Waals surface area contributed by atoms with Gasteiger partial charge >= 0.3 is 0 Å². The maximum atomic E-state index is 13.1. The van der Waals surface area contributed by atoms with E-state index in [0.717, 1.165) is 18.4 Å². The van der Waals surface area contributed by atoms with Crippen LogP contribution in [0.4, 0.5) is 0 Å². The predicted molar refractivity (Wildman–Crippen MR) is 96.1 cm³/mol. The van der Waals surface area contributed by atoms with Gasteiger partial charge in [0, 0.05) is 50.3 Å². The van der Waals surface area contributed by atoms with Crippen LogP contribution < -0.4 is 0 Å². The van der Waals surface area contributed by atoms with Gasteiger partial charge in [0.25, 0.3) is 0 Å². The molecule has 2 atom stereocenters. The smallest absolute Gasteiger partial charge is 0.246 e. The largest absolute Gasteiger partial charge is 0.472 e. The summed E-state index contributed by atoms with van der Waals surface area (Å²) in [6.07, 6.45) is 5.09. The van der Waals surface area contributed by atoms with Crippen LogP contribution in [0, 0.1) is 5.92 Å². The molecule has 1 aliphatic carbocycles. The van der Waals surface area contributed by atoms with E-state index < -0.39 is 6.04 Å². The Morgan fingerprint density at radius 2 is 1.77 bits per heavy atom. The Kier molecular flexibility index (Phi) is 4.69. The van der Waals surface area contributed by atoms with Crippen molar-refractivity contribution in [1.82, 2.24) is 14.7 Å². The van der Waals surface area contributed by atoms with Gasteiger partial charge in [-0.15, -0.1) is 11.8 Å². The molecule has 4 rings (SSSR count). The van der Waals surface area contributed by atoms with Gasteiger partial charge in [0.2, 0.25) is 17.7 Å². The molecule has 3 amide bonds. The normalized spacial score (nSPS) is 26.3. The highest BCUT2D eigenvalue weighted by atomic mass is 32.2. The van der Waals surface area contributed by atoms with E-state index in [4.69, 9.17) is 4.42 Å². The summed E-state index contributed by atoms with van der Waals surface area (Å²) in [5.41, 5.74) is 0.931. The van der Waals surface area contributed by atoms with Gasteiger partial charge in [0.05, 0.1) is 12.5 Å². The van der Waals surface area contributed by atoms with E-state index in [1.54, 1.807) is 45.9 Å². The number of hydrogen-bond acceptors (Lipinski definition) is 5. The zero-order chi connectivity index (χ0) is 18.3. The lowest BCUT2D eigenvalue weighted by Crippen LogP contribution is -2.56. The molecular weight excluding hydrogens is 354 g/mol. The van der Waals surface area contributed by atoms with Crippen LogP contribution in [0.3, 0.4) is 0 Å². The van der Waals surface area contributed by atoms with E-state index in [1.165, 1.54) is 0 Å². The first kappa shape index (κ1) is 17.5. The molecule has 0 bridgehead atoms. The lowest BCUT2D eigenvalue weighted by Gasteiger charge is -2.37. The van der Waals surface area contributed by atoms with Gasteiger partial charge in [-0.25, -0.2) is 0 Å². The zero-order valence-corrected chi connectivity index (χ0v) is 15.6. The number of amides is 3. The van der Waals surface area contributed by atoms with Crippen LogP contribution in [-0.4, -0.2) is 70.4 Å². The second-order valence-corrected chi connectivity index (χ2v) is 8.22. The minimum absolute atomic E-state index is 0.000645. The fourth-order valence-electron chi connectivity index (χ4n) is 3.63. The molecular formula is C18H23N3O4S. The predicted octanol–water partition coefficient (Wildman–Crippen LogP) is 1.32. The summed E-state index contributed by atoms with van der Waals surface area (Å²) < 4.78 is 5.19. The molecule has 0 spiro atoms. The quantitative estimate of drug-likeness (QED) is 0.794. The van der Waals surface area contributed by atoms with Gasteiger partial charge < -0.3 is 19.1 Å². The molecule has 1 aromatic rings. The highest BCUT2D eigenvalue weighted by molar-refractivity contribution is 7.99. The molecule has 0 aromatic carbocycles. The maximum absolute atomic E-state index is 13.1. The van der Waals surface area contributed by atoms with Gasteiger partial charge in [-0.1, -0.05) is 0 Å². The van der Waals surface area contributed by atoms with E-state index in [-0.39, 0.29) is 29.0 Å². The Labute approximate surface area is 156 Å². The van der Waals surface area contributed by atoms with E-state index in [9.17, 15) is 14.4 Å². The standard InChI is InChI=1S/C18H23N3O4S/c1-12(22)19-5-7-20(8-6-19)17(24)15-11-26-18(14-4-9-25-10-14)21(15)16(23)13-2-3-13/h4,9-10,13,15,18H,2-3,5-8,11H2,1H3. The van der Waals surface area contributed by atoms with Crippen molar-refractivity contribution in [1.29, 1.82) is 0 Å². The highest BCUT2D eigenvalue weighted by Gasteiger charge is 2.48. The number of piperazine rings is 1. The second-order valence-electron chi connectivity index (χ2n) is 7.11. The second kappa shape index (κ2) is 6.98. The fraction of sp³-hybridized carbons (Fsp3) is 0.611. The minimum Gasteiger partial charge on any atom is -0.472 e. The Bertz CT molecular complexity index is 695. The van der Waals surface area contributed by atoms with Crippen molar-refractivity contribution in [2.45, 2.75) is 31.2 Å². The van der Waals surface area contributed by atoms with Gasteiger partial charge in [0.15, 0.2) is 0 Å². The maximum Gasteiger partial charge on any atom is 0.246 e. The van der Waals surface area contributed by atoms with Gasteiger partial charge in [-0.2, -0.15) is 0 Å². The summed E-state index contributed by atoms with van der Waals surface area (Å²) in [6, 6.07) is 1.43. The van der Waals surface area contributed by atoms with Crippen LogP contribution in [0.25, 0.3) is 0 Å². The fourth-order valence-corrected chi connectivity index (χ4v) is 5.04. The van der Waals surface area contributed by atoms with Crippen molar-refractivity contribution >= 4 is 29.5 Å². The van der Waals surface area contributed by atoms with Crippen molar-refractivity contribution in [2.24, 2.45) is 5.92 Å². The molecule has 1 aromatic heterocycles. The molecule has 140 valence electrons. The van der Waals surface area contributed by atoms with Crippen molar-refractivity contribution in [3.05, 3.63) is 24.2 Å². The monoisotopic (exact) mass is 377 g/mol.